The van der Waals surface area contributed by atoms with E-state index in [-0.39, 0.29) is 5.56 Å². The maximum absolute atomic E-state index is 13.2. The number of fused-ring (bicyclic) bond motifs is 4. The first-order valence-electron chi connectivity index (χ1n) is 9.26. The fraction of sp³-hybridized carbons (Fsp3) is 0.350. The van der Waals surface area contributed by atoms with Crippen molar-refractivity contribution in [3.63, 3.8) is 0 Å². The van der Waals surface area contributed by atoms with Crippen molar-refractivity contribution in [2.45, 2.75) is 36.7 Å². The molecule has 3 heterocycles. The minimum atomic E-state index is 0.0431. The number of ether oxygens (including phenoxy) is 1. The molecule has 8 heteroatoms. The lowest BCUT2D eigenvalue weighted by molar-refractivity contribution is 0.183. The smallest absolute Gasteiger partial charge is 0.263 e. The van der Waals surface area contributed by atoms with E-state index >= 15 is 0 Å². The third-order valence-corrected chi connectivity index (χ3v) is 7.12. The summed E-state index contributed by atoms with van der Waals surface area (Å²) < 4.78 is 12.8. The Balaban J connectivity index is 1.52. The van der Waals surface area contributed by atoms with Crippen LogP contribution in [0.5, 0.6) is 0 Å². The average Bonchev–Trinajstić information content (AvgIpc) is 3.39. The van der Waals surface area contributed by atoms with Crippen molar-refractivity contribution >= 4 is 44.4 Å². The van der Waals surface area contributed by atoms with Crippen LogP contribution in [0, 0.1) is 0 Å². The van der Waals surface area contributed by atoms with E-state index in [4.69, 9.17) is 14.1 Å². The van der Waals surface area contributed by atoms with Gasteiger partial charge in [-0.2, -0.15) is 0 Å². The fourth-order valence-corrected chi connectivity index (χ4v) is 5.83. The highest BCUT2D eigenvalue weighted by molar-refractivity contribution is 7.98. The quantitative estimate of drug-likeness (QED) is 0.351. The SMILES string of the molecule is COCCn1c(SCc2nc3ccccc3o2)nc2sc3c(c2c1=O)CCC3. The number of rotatable bonds is 6. The van der Waals surface area contributed by atoms with E-state index in [2.05, 4.69) is 4.98 Å². The molecule has 1 aliphatic rings. The number of nitrogens with zero attached hydrogens (tertiary/aromatic N) is 3. The van der Waals surface area contributed by atoms with Gasteiger partial charge in [0.25, 0.3) is 5.56 Å². The topological polar surface area (TPSA) is 70.2 Å². The second kappa shape index (κ2) is 7.35. The second-order valence-electron chi connectivity index (χ2n) is 6.75. The second-order valence-corrected chi connectivity index (χ2v) is 8.77. The van der Waals surface area contributed by atoms with Crippen molar-refractivity contribution < 1.29 is 9.15 Å². The van der Waals surface area contributed by atoms with E-state index < -0.39 is 0 Å². The predicted molar refractivity (Wildman–Crippen MR) is 111 cm³/mol. The molecule has 3 aromatic heterocycles. The molecule has 28 heavy (non-hydrogen) atoms. The van der Waals surface area contributed by atoms with Crippen LogP contribution in [0.1, 0.15) is 22.8 Å². The molecule has 0 aliphatic heterocycles. The van der Waals surface area contributed by atoms with Crippen molar-refractivity contribution in [1.82, 2.24) is 14.5 Å². The summed E-state index contributed by atoms with van der Waals surface area (Å²) >= 11 is 3.15. The van der Waals surface area contributed by atoms with E-state index in [0.717, 1.165) is 40.6 Å². The van der Waals surface area contributed by atoms with Gasteiger partial charge in [-0.1, -0.05) is 23.9 Å². The molecule has 0 atom stereocenters. The molecule has 1 aliphatic carbocycles. The number of oxazole rings is 1. The maximum Gasteiger partial charge on any atom is 0.263 e. The molecule has 0 N–H and O–H groups in total. The molecule has 1 aromatic carbocycles. The molecule has 0 amide bonds. The van der Waals surface area contributed by atoms with Crippen LogP contribution in [0.4, 0.5) is 0 Å². The third kappa shape index (κ3) is 3.05. The molecule has 144 valence electrons. The van der Waals surface area contributed by atoms with Gasteiger partial charge in [0.2, 0.25) is 5.89 Å². The van der Waals surface area contributed by atoms with Gasteiger partial charge in [0.05, 0.1) is 24.3 Å². The van der Waals surface area contributed by atoms with Gasteiger partial charge < -0.3 is 9.15 Å². The van der Waals surface area contributed by atoms with Gasteiger partial charge in [-0.05, 0) is 37.0 Å². The first-order chi connectivity index (χ1) is 13.7. The zero-order valence-corrected chi connectivity index (χ0v) is 17.1. The number of benzene rings is 1. The summed E-state index contributed by atoms with van der Waals surface area (Å²) in [6, 6.07) is 7.70. The number of methoxy groups -OCH3 is 1. The largest absolute Gasteiger partial charge is 0.440 e. The Morgan fingerprint density at radius 2 is 2.18 bits per heavy atom. The molecular formula is C20H19N3O3S2. The number of aromatic nitrogens is 3. The van der Waals surface area contributed by atoms with Crippen LogP contribution in [0.2, 0.25) is 0 Å². The van der Waals surface area contributed by atoms with Gasteiger partial charge in [0.15, 0.2) is 10.7 Å². The molecular weight excluding hydrogens is 394 g/mol. The summed E-state index contributed by atoms with van der Waals surface area (Å²) in [7, 11) is 1.64. The zero-order chi connectivity index (χ0) is 19.1. The first-order valence-corrected chi connectivity index (χ1v) is 11.1. The number of thioether (sulfide) groups is 1. The minimum absolute atomic E-state index is 0.0431. The van der Waals surface area contributed by atoms with Crippen molar-refractivity contribution in [2.75, 3.05) is 13.7 Å². The first kappa shape index (κ1) is 17.9. The minimum Gasteiger partial charge on any atom is -0.440 e. The van der Waals surface area contributed by atoms with Crippen LogP contribution in [-0.2, 0) is 29.9 Å². The molecule has 0 saturated heterocycles. The normalized spacial score (nSPS) is 13.6. The van der Waals surface area contributed by atoms with Crippen molar-refractivity contribution in [3.05, 3.63) is 51.0 Å². The Morgan fingerprint density at radius 3 is 3.04 bits per heavy atom. The Hall–Kier alpha value is -2.16. The van der Waals surface area contributed by atoms with Crippen LogP contribution in [0.25, 0.3) is 21.3 Å². The van der Waals surface area contributed by atoms with Gasteiger partial charge in [-0.15, -0.1) is 11.3 Å². The van der Waals surface area contributed by atoms with Crippen molar-refractivity contribution in [1.29, 1.82) is 0 Å². The van der Waals surface area contributed by atoms with E-state index in [1.165, 1.54) is 22.2 Å². The highest BCUT2D eigenvalue weighted by Crippen LogP contribution is 2.36. The van der Waals surface area contributed by atoms with Gasteiger partial charge >= 0.3 is 0 Å². The Kier molecular flexibility index (Phi) is 4.70. The average molecular weight is 414 g/mol. The Labute approximate surface area is 169 Å². The summed E-state index contributed by atoms with van der Waals surface area (Å²) in [5.41, 5.74) is 2.86. The fourth-order valence-electron chi connectivity index (χ4n) is 3.66. The van der Waals surface area contributed by atoms with Crippen LogP contribution in [0.15, 0.2) is 38.6 Å². The zero-order valence-electron chi connectivity index (χ0n) is 15.4. The van der Waals surface area contributed by atoms with Gasteiger partial charge in [-0.25, -0.2) is 9.97 Å². The molecule has 6 nitrogen and oxygen atoms in total. The van der Waals surface area contributed by atoms with Gasteiger partial charge in [-0.3, -0.25) is 9.36 Å². The molecule has 4 aromatic rings. The van der Waals surface area contributed by atoms with Crippen molar-refractivity contribution in [3.8, 4) is 0 Å². The van der Waals surface area contributed by atoms with Gasteiger partial charge in [0.1, 0.15) is 10.3 Å². The number of thiophene rings is 1. The summed E-state index contributed by atoms with van der Waals surface area (Å²) in [6.45, 7) is 0.953. The van der Waals surface area contributed by atoms with E-state index in [0.29, 0.717) is 30.0 Å². The molecule has 5 rings (SSSR count). The van der Waals surface area contributed by atoms with Crippen molar-refractivity contribution in [2.24, 2.45) is 0 Å². The molecule has 0 saturated carbocycles. The van der Waals surface area contributed by atoms with Crippen LogP contribution in [0.3, 0.4) is 0 Å². The maximum atomic E-state index is 13.2. The predicted octanol–water partition coefficient (Wildman–Crippen LogP) is 4.03. The van der Waals surface area contributed by atoms with Crippen LogP contribution >= 0.6 is 23.1 Å². The molecule has 0 spiro atoms. The molecule has 0 radical (unpaired) electrons. The highest BCUT2D eigenvalue weighted by atomic mass is 32.2. The van der Waals surface area contributed by atoms with Crippen LogP contribution in [-0.4, -0.2) is 28.3 Å². The molecule has 0 fully saturated rings. The Morgan fingerprint density at radius 1 is 1.29 bits per heavy atom. The number of hydrogen-bond acceptors (Lipinski definition) is 7. The lowest BCUT2D eigenvalue weighted by Gasteiger charge is -2.11. The lowest BCUT2D eigenvalue weighted by atomic mass is 10.2. The number of hydrogen-bond donors (Lipinski definition) is 0. The monoisotopic (exact) mass is 413 g/mol. The summed E-state index contributed by atoms with van der Waals surface area (Å²) in [5.74, 6) is 1.15. The molecule has 0 bridgehead atoms. The van der Waals surface area contributed by atoms with Gasteiger partial charge in [0, 0.05) is 12.0 Å². The van der Waals surface area contributed by atoms with E-state index in [1.54, 1.807) is 23.0 Å². The highest BCUT2D eigenvalue weighted by Gasteiger charge is 2.23. The molecule has 0 unspecified atom stereocenters. The summed E-state index contributed by atoms with van der Waals surface area (Å²) in [6.07, 6.45) is 3.16. The summed E-state index contributed by atoms with van der Waals surface area (Å²) in [4.78, 5) is 24.8. The van der Waals surface area contributed by atoms with E-state index in [9.17, 15) is 4.79 Å². The van der Waals surface area contributed by atoms with Crippen LogP contribution < -0.4 is 5.56 Å². The third-order valence-electron chi connectivity index (χ3n) is 4.97. The number of para-hydroxylation sites is 2. The lowest BCUT2D eigenvalue weighted by Crippen LogP contribution is -2.25. The summed E-state index contributed by atoms with van der Waals surface area (Å²) in [5, 5.41) is 1.50. The van der Waals surface area contributed by atoms with E-state index in [1.807, 2.05) is 24.3 Å². The Bertz CT molecular complexity index is 1190. The standard InChI is InChI=1S/C20H19N3O3S2/c1-25-10-9-23-19(24)17-12-5-4-8-15(12)28-18(17)22-20(23)27-11-16-21-13-6-2-3-7-14(13)26-16/h2-3,6-7H,4-5,8-11H2,1H3. The number of aryl methyl sites for hydroxylation is 2.